The number of hydrogen-bond donors (Lipinski definition) is 4. The lowest BCUT2D eigenvalue weighted by Gasteiger charge is -2.47. The van der Waals surface area contributed by atoms with Crippen molar-refractivity contribution in [2.75, 3.05) is 94.8 Å². The van der Waals surface area contributed by atoms with Crippen LogP contribution >= 0.6 is 0 Å². The molecule has 9 rings (SSSR count). The van der Waals surface area contributed by atoms with Gasteiger partial charge in [-0.05, 0) is 165 Å². The van der Waals surface area contributed by atoms with Gasteiger partial charge in [0.1, 0.15) is 52.5 Å². The number of nitrogens with one attached hydrogen (secondary N) is 4. The fourth-order valence-electron chi connectivity index (χ4n) is 12.7. The summed E-state index contributed by atoms with van der Waals surface area (Å²) in [4.78, 5) is 125. The highest BCUT2D eigenvalue weighted by molar-refractivity contribution is 6.05. The molecule has 5 aliphatic rings. The minimum Gasteiger partial charge on any atom is -0.444 e. The van der Waals surface area contributed by atoms with E-state index in [0.29, 0.717) is 75.5 Å². The number of para-hydroxylation sites is 1. The molecule has 8 amide bonds. The second-order valence-electron chi connectivity index (χ2n) is 27.3. The number of carbonyl (C=O) groups excluding carboxylic acids is 8. The Balaban J connectivity index is 0.947. The van der Waals surface area contributed by atoms with E-state index in [1.165, 1.54) is 43.1 Å². The normalized spacial score (nSPS) is 21.8. The molecule has 0 saturated carbocycles. The van der Waals surface area contributed by atoms with E-state index in [0.717, 1.165) is 34.2 Å². The van der Waals surface area contributed by atoms with E-state index >= 15 is 18.4 Å². The number of likely N-dealkylation sites (N-methyl/N-ethyl adjacent to an activating group) is 1. The predicted molar refractivity (Wildman–Crippen MR) is 340 cm³/mol. The first-order chi connectivity index (χ1) is 43.9. The summed E-state index contributed by atoms with van der Waals surface area (Å²) in [7, 11) is 1.39. The van der Waals surface area contributed by atoms with Crippen LogP contribution < -0.4 is 26.2 Å². The van der Waals surface area contributed by atoms with Crippen LogP contribution in [-0.2, 0) is 66.1 Å². The van der Waals surface area contributed by atoms with Crippen LogP contribution in [0.5, 0.6) is 0 Å². The van der Waals surface area contributed by atoms with E-state index in [9.17, 15) is 33.2 Å². The Morgan fingerprint density at radius 2 is 1.45 bits per heavy atom. The maximum Gasteiger partial charge on any atom is 0.410 e. The van der Waals surface area contributed by atoms with Crippen molar-refractivity contribution < 1.29 is 70.5 Å². The molecule has 4 aromatic rings. The second-order valence-corrected chi connectivity index (χ2v) is 27.3. The number of carbonyl (C=O) groups is 8. The molecular weight excluding hydrogens is 1210 g/mol. The average molecular weight is 1290 g/mol. The number of nitrogens with zero attached hydrogens (tertiary/aromatic N) is 6. The Hall–Kier alpha value is -8.13. The Labute approximate surface area is 541 Å². The molecule has 22 nitrogen and oxygen atoms in total. The van der Waals surface area contributed by atoms with Crippen LogP contribution in [0.1, 0.15) is 116 Å². The quantitative estimate of drug-likeness (QED) is 0.0813. The molecule has 0 bridgehead atoms. The number of ether oxygens (including phenoxy) is 4. The van der Waals surface area contributed by atoms with E-state index in [1.54, 1.807) is 61.8 Å². The Kier molecular flexibility index (Phi) is 21.3. The first-order valence-corrected chi connectivity index (χ1v) is 31.7. The third-order valence-corrected chi connectivity index (χ3v) is 17.9. The largest absolute Gasteiger partial charge is 0.444 e. The SMILES string of the molecule is C[C@@H]1COCCN1C[C@H]1CN(C(=O)OC(C)(C)C)[C@H](C)CN1CC(=O)N1C[C@@](C)(C(=O)NCC(=O)Nc2ccc3c(c2)[C@@H](C(=O)Nc2c(F)cccc2F)N(C(=O)[C@@H](NC(=O)[C@H](C)N(C)C(=O)OC(C)(C)C)C2CCOCC2)C3)c2ccc(Cc3ccc(F)cc3)cc21. The third-order valence-electron chi connectivity index (χ3n) is 17.9. The highest BCUT2D eigenvalue weighted by Gasteiger charge is 2.49. The van der Waals surface area contributed by atoms with Gasteiger partial charge in [-0.25, -0.2) is 22.8 Å². The molecule has 502 valence electrons. The summed E-state index contributed by atoms with van der Waals surface area (Å²) in [6.07, 6.45) is -0.153. The number of hydrogen-bond acceptors (Lipinski definition) is 14. The van der Waals surface area contributed by atoms with E-state index in [4.69, 9.17) is 18.9 Å². The van der Waals surface area contributed by atoms with Crippen LogP contribution in [0.3, 0.4) is 0 Å². The number of piperazine rings is 1. The van der Waals surface area contributed by atoms with Gasteiger partial charge in [0, 0.05) is 89.0 Å². The molecule has 5 heterocycles. The Morgan fingerprint density at radius 1 is 0.774 bits per heavy atom. The molecular formula is C68H87F3N10O12. The van der Waals surface area contributed by atoms with Gasteiger partial charge in [0.2, 0.25) is 29.5 Å². The average Bonchev–Trinajstić information content (AvgIpc) is 1.61. The van der Waals surface area contributed by atoms with E-state index in [-0.39, 0.29) is 73.9 Å². The van der Waals surface area contributed by atoms with E-state index < -0.39 is 106 Å². The molecule has 0 aromatic heterocycles. The molecule has 4 aromatic carbocycles. The molecule has 0 spiro atoms. The zero-order chi connectivity index (χ0) is 67.4. The smallest absolute Gasteiger partial charge is 0.410 e. The number of rotatable bonds is 17. The number of amides is 8. The van der Waals surface area contributed by atoms with Crippen LogP contribution in [0.2, 0.25) is 0 Å². The minimum absolute atomic E-state index is 0.0611. The van der Waals surface area contributed by atoms with Crippen LogP contribution in [0, 0.1) is 23.4 Å². The van der Waals surface area contributed by atoms with E-state index in [2.05, 4.69) is 38.0 Å². The van der Waals surface area contributed by atoms with Crippen LogP contribution in [0.4, 0.5) is 39.8 Å². The van der Waals surface area contributed by atoms with Crippen LogP contribution in [-0.4, -0.2) is 193 Å². The predicted octanol–water partition coefficient (Wildman–Crippen LogP) is 7.27. The highest BCUT2D eigenvalue weighted by atomic mass is 19.1. The van der Waals surface area contributed by atoms with Gasteiger partial charge in [-0.2, -0.15) is 0 Å². The zero-order valence-electron chi connectivity index (χ0n) is 54.9. The van der Waals surface area contributed by atoms with Gasteiger partial charge < -0.3 is 54.9 Å². The van der Waals surface area contributed by atoms with Crippen molar-refractivity contribution in [2.24, 2.45) is 5.92 Å². The van der Waals surface area contributed by atoms with Crippen LogP contribution in [0.15, 0.2) is 78.9 Å². The Bertz CT molecular complexity index is 3450. The number of anilines is 3. The summed E-state index contributed by atoms with van der Waals surface area (Å²) in [6, 6.07) is 14.7. The topological polar surface area (TPSA) is 241 Å². The van der Waals surface area contributed by atoms with Crippen molar-refractivity contribution in [1.82, 2.24) is 35.1 Å². The summed E-state index contributed by atoms with van der Waals surface area (Å²) >= 11 is 0. The molecule has 0 unspecified atom stereocenters. The van der Waals surface area contributed by atoms with Gasteiger partial charge >= 0.3 is 12.2 Å². The molecule has 7 atom stereocenters. The van der Waals surface area contributed by atoms with Crippen molar-refractivity contribution in [3.05, 3.63) is 124 Å². The molecule has 0 aliphatic carbocycles. The van der Waals surface area contributed by atoms with Crippen molar-refractivity contribution in [3.8, 4) is 0 Å². The molecule has 25 heteroatoms. The first kappa shape index (κ1) is 69.2. The number of halogens is 3. The van der Waals surface area contributed by atoms with Crippen molar-refractivity contribution in [2.45, 2.75) is 148 Å². The molecule has 4 N–H and O–H groups in total. The minimum atomic E-state index is -1.57. The summed E-state index contributed by atoms with van der Waals surface area (Å²) in [5.41, 5.74) is -0.379. The maximum atomic E-state index is 15.2. The molecule has 0 radical (unpaired) electrons. The van der Waals surface area contributed by atoms with Gasteiger partial charge in [0.05, 0.1) is 31.7 Å². The lowest BCUT2D eigenvalue weighted by Crippen LogP contribution is -2.64. The molecule has 93 heavy (non-hydrogen) atoms. The van der Waals surface area contributed by atoms with Crippen molar-refractivity contribution >= 4 is 64.7 Å². The van der Waals surface area contributed by atoms with E-state index in [1.807, 2.05) is 39.8 Å². The summed E-state index contributed by atoms with van der Waals surface area (Å²) in [6.45, 7) is 20.2. The second kappa shape index (κ2) is 28.6. The van der Waals surface area contributed by atoms with Crippen LogP contribution in [0.25, 0.3) is 0 Å². The Morgan fingerprint density at radius 3 is 2.12 bits per heavy atom. The van der Waals surface area contributed by atoms with Gasteiger partial charge in [0.15, 0.2) is 0 Å². The molecule has 5 aliphatic heterocycles. The molecule has 3 saturated heterocycles. The number of fused-ring (bicyclic) bond motifs is 2. The number of benzene rings is 4. The van der Waals surface area contributed by atoms with Gasteiger partial charge in [-0.3, -0.25) is 43.5 Å². The standard InChI is InChI=1S/C68H87F3N10O12/c1-40-33-78(49(35-77-25-28-91-38-41(77)2)36-79(40)65(89)93-67(7,8)9)37-56(83)81-39-68(10,51-22-17-44(30-54(51)81)29-43-15-19-47(69)20-16-43)63(87)72-32-55(82)73-48-21-18-46-34-80(59(50(46)31-48)61(85)75-58-52(70)13-12-14-53(58)71)62(86)57(45-23-26-90-27-24-45)74-60(84)42(3)76(11)64(88)92-66(4,5)6/h12-22,30-31,40-42,45,49,57,59H,23-29,32-39H2,1-11H3,(H,72,87)(H,73,82)(H,74,84)(H,75,85)/t40-,41-,42+,49+,57+,59+,68-/m1/s1. The monoisotopic (exact) mass is 1290 g/mol. The zero-order valence-corrected chi connectivity index (χ0v) is 54.9. The number of morpholine rings is 1. The molecule has 3 fully saturated rings. The highest BCUT2D eigenvalue weighted by Crippen LogP contribution is 2.43. The fourth-order valence-corrected chi connectivity index (χ4v) is 12.7. The third kappa shape index (κ3) is 16.4. The van der Waals surface area contributed by atoms with Gasteiger partial charge in [0.25, 0.3) is 5.91 Å². The van der Waals surface area contributed by atoms with Gasteiger partial charge in [-0.15, -0.1) is 0 Å². The fraction of sp³-hybridized carbons (Fsp3) is 0.529. The summed E-state index contributed by atoms with van der Waals surface area (Å²) in [5.74, 6) is -7.02. The maximum absolute atomic E-state index is 15.2. The van der Waals surface area contributed by atoms with Crippen molar-refractivity contribution in [3.63, 3.8) is 0 Å². The lowest BCUT2D eigenvalue weighted by atomic mass is 9.83. The van der Waals surface area contributed by atoms with Gasteiger partial charge in [-0.1, -0.05) is 36.4 Å². The van der Waals surface area contributed by atoms with Crippen molar-refractivity contribution in [1.29, 1.82) is 0 Å². The summed E-state index contributed by atoms with van der Waals surface area (Å²) in [5, 5.41) is 10.7. The first-order valence-electron chi connectivity index (χ1n) is 31.7. The lowest BCUT2D eigenvalue weighted by molar-refractivity contribution is -0.144. The summed E-state index contributed by atoms with van der Waals surface area (Å²) < 4.78 is 67.2.